The lowest BCUT2D eigenvalue weighted by Gasteiger charge is -2.16. The van der Waals surface area contributed by atoms with Gasteiger partial charge in [0.1, 0.15) is 5.75 Å². The predicted octanol–water partition coefficient (Wildman–Crippen LogP) is 3.99. The highest BCUT2D eigenvalue weighted by molar-refractivity contribution is 5.96. The van der Waals surface area contributed by atoms with Crippen molar-refractivity contribution in [2.75, 3.05) is 6.61 Å². The number of ether oxygens (including phenoxy) is 1. The Labute approximate surface area is 113 Å². The molecule has 2 aromatic rings. The van der Waals surface area contributed by atoms with E-state index in [4.69, 9.17) is 4.74 Å². The molecule has 2 rings (SSSR count). The van der Waals surface area contributed by atoms with Gasteiger partial charge in [0.15, 0.2) is 11.5 Å². The van der Waals surface area contributed by atoms with Crippen molar-refractivity contribution < 1.29 is 14.9 Å². The van der Waals surface area contributed by atoms with Crippen LogP contribution < -0.4 is 4.74 Å². The topological polar surface area (TPSA) is 49.7 Å². The van der Waals surface area contributed by atoms with Gasteiger partial charge in [-0.25, -0.2) is 0 Å². The van der Waals surface area contributed by atoms with Gasteiger partial charge in [-0.3, -0.25) is 0 Å². The number of aromatic hydroxyl groups is 2. The summed E-state index contributed by atoms with van der Waals surface area (Å²) in [6.07, 6.45) is 2.57. The molecule has 0 amide bonds. The van der Waals surface area contributed by atoms with E-state index in [1.165, 1.54) is 0 Å². The summed E-state index contributed by atoms with van der Waals surface area (Å²) in [7, 11) is 0. The van der Waals surface area contributed by atoms with Crippen LogP contribution in [0.1, 0.15) is 32.3 Å². The molecule has 102 valence electrons. The highest BCUT2D eigenvalue weighted by atomic mass is 16.5. The second-order valence-corrected chi connectivity index (χ2v) is 4.61. The Morgan fingerprint density at radius 2 is 1.63 bits per heavy atom. The molecule has 0 aromatic heterocycles. The van der Waals surface area contributed by atoms with E-state index >= 15 is 0 Å². The van der Waals surface area contributed by atoms with E-state index in [9.17, 15) is 10.2 Å². The van der Waals surface area contributed by atoms with Crippen molar-refractivity contribution in [2.45, 2.75) is 33.1 Å². The molecule has 0 bridgehead atoms. The lowest BCUT2D eigenvalue weighted by atomic mass is 10.0. The van der Waals surface area contributed by atoms with Crippen LogP contribution in [0.15, 0.2) is 24.3 Å². The van der Waals surface area contributed by atoms with Gasteiger partial charge in [0.05, 0.1) is 6.61 Å². The van der Waals surface area contributed by atoms with Crippen molar-refractivity contribution >= 4 is 10.8 Å². The maximum atomic E-state index is 10.3. The Balaban J connectivity index is 2.57. The second kappa shape index (κ2) is 5.83. The third-order valence-corrected chi connectivity index (χ3v) is 3.31. The number of hydrogen-bond donors (Lipinski definition) is 2. The van der Waals surface area contributed by atoms with Crippen LogP contribution in [0.4, 0.5) is 0 Å². The molecule has 0 heterocycles. The summed E-state index contributed by atoms with van der Waals surface area (Å²) in [5.74, 6) is 0.760. The first-order valence-electron chi connectivity index (χ1n) is 6.79. The minimum atomic E-state index is 0.126. The van der Waals surface area contributed by atoms with Crippen molar-refractivity contribution in [3.63, 3.8) is 0 Å². The van der Waals surface area contributed by atoms with Gasteiger partial charge in [0.2, 0.25) is 0 Å². The number of hydrogen-bond acceptors (Lipinski definition) is 3. The number of phenols is 2. The molecule has 0 unspecified atom stereocenters. The molecule has 0 radical (unpaired) electrons. The largest absolute Gasteiger partial charge is 0.507 e. The zero-order valence-electron chi connectivity index (χ0n) is 11.4. The summed E-state index contributed by atoms with van der Waals surface area (Å²) >= 11 is 0. The molecule has 0 aliphatic rings. The molecule has 0 saturated carbocycles. The van der Waals surface area contributed by atoms with Gasteiger partial charge in [-0.05, 0) is 12.8 Å². The minimum absolute atomic E-state index is 0.126. The first-order chi connectivity index (χ1) is 9.20. The van der Waals surface area contributed by atoms with Crippen LogP contribution in [-0.4, -0.2) is 16.8 Å². The Bertz CT molecular complexity index is 576. The highest BCUT2D eigenvalue weighted by Crippen LogP contribution is 2.44. The molecular formula is C16H20O3. The van der Waals surface area contributed by atoms with E-state index in [1.807, 2.05) is 19.1 Å². The number of unbranched alkanes of at least 4 members (excludes halogenated alkanes) is 1. The SMILES string of the molecule is CCCCOc1c(CC)c(O)c2ccccc2c1O. The van der Waals surface area contributed by atoms with Crippen LogP contribution in [-0.2, 0) is 6.42 Å². The zero-order chi connectivity index (χ0) is 13.8. The molecule has 19 heavy (non-hydrogen) atoms. The second-order valence-electron chi connectivity index (χ2n) is 4.61. The minimum Gasteiger partial charge on any atom is -0.507 e. The Morgan fingerprint density at radius 3 is 2.21 bits per heavy atom. The van der Waals surface area contributed by atoms with E-state index in [1.54, 1.807) is 12.1 Å². The fraction of sp³-hybridized carbons (Fsp3) is 0.375. The maximum Gasteiger partial charge on any atom is 0.168 e. The van der Waals surface area contributed by atoms with E-state index in [2.05, 4.69) is 6.92 Å². The summed E-state index contributed by atoms with van der Waals surface area (Å²) < 4.78 is 5.68. The highest BCUT2D eigenvalue weighted by Gasteiger charge is 2.18. The molecule has 0 aliphatic carbocycles. The van der Waals surface area contributed by atoms with Crippen LogP contribution in [0.3, 0.4) is 0 Å². The Morgan fingerprint density at radius 1 is 1.00 bits per heavy atom. The molecule has 0 fully saturated rings. The number of fused-ring (bicyclic) bond motifs is 1. The van der Waals surface area contributed by atoms with Crippen LogP contribution >= 0.6 is 0 Å². The summed E-state index contributed by atoms with van der Waals surface area (Å²) in [4.78, 5) is 0. The first-order valence-corrected chi connectivity index (χ1v) is 6.79. The van der Waals surface area contributed by atoms with Crippen molar-refractivity contribution in [3.05, 3.63) is 29.8 Å². The van der Waals surface area contributed by atoms with Crippen molar-refractivity contribution in [2.24, 2.45) is 0 Å². The van der Waals surface area contributed by atoms with Crippen LogP contribution in [0, 0.1) is 0 Å². The average molecular weight is 260 g/mol. The van der Waals surface area contributed by atoms with E-state index in [0.29, 0.717) is 35.1 Å². The number of rotatable bonds is 5. The van der Waals surface area contributed by atoms with E-state index < -0.39 is 0 Å². The lowest BCUT2D eigenvalue weighted by Crippen LogP contribution is -2.01. The van der Waals surface area contributed by atoms with Crippen LogP contribution in [0.2, 0.25) is 0 Å². The summed E-state index contributed by atoms with van der Waals surface area (Å²) in [6.45, 7) is 4.58. The molecule has 0 saturated heterocycles. The fourth-order valence-corrected chi connectivity index (χ4v) is 2.23. The van der Waals surface area contributed by atoms with E-state index in [0.717, 1.165) is 12.8 Å². The first kappa shape index (κ1) is 13.5. The molecule has 0 atom stereocenters. The number of benzene rings is 2. The summed E-state index contributed by atoms with van der Waals surface area (Å²) in [5, 5.41) is 22.0. The maximum absolute atomic E-state index is 10.3. The standard InChI is InChI=1S/C16H20O3/c1-3-5-10-19-16-11(4-2)14(17)12-8-6-7-9-13(12)15(16)18/h6-9,17-18H,3-5,10H2,1-2H3. The molecule has 2 N–H and O–H groups in total. The van der Waals surface area contributed by atoms with Gasteiger partial charge in [-0.2, -0.15) is 0 Å². The van der Waals surface area contributed by atoms with Gasteiger partial charge in [-0.1, -0.05) is 44.5 Å². The van der Waals surface area contributed by atoms with Gasteiger partial charge >= 0.3 is 0 Å². The van der Waals surface area contributed by atoms with Crippen LogP contribution in [0.25, 0.3) is 10.8 Å². The van der Waals surface area contributed by atoms with Crippen molar-refractivity contribution in [3.8, 4) is 17.2 Å². The molecule has 3 nitrogen and oxygen atoms in total. The van der Waals surface area contributed by atoms with Gasteiger partial charge in [-0.15, -0.1) is 0 Å². The fourth-order valence-electron chi connectivity index (χ4n) is 2.23. The molecule has 3 heteroatoms. The molecule has 2 aromatic carbocycles. The zero-order valence-corrected chi connectivity index (χ0v) is 11.4. The van der Waals surface area contributed by atoms with Crippen molar-refractivity contribution in [1.29, 1.82) is 0 Å². The molecule has 0 aliphatic heterocycles. The third-order valence-electron chi connectivity index (χ3n) is 3.31. The molecular weight excluding hydrogens is 240 g/mol. The van der Waals surface area contributed by atoms with Gasteiger partial charge < -0.3 is 14.9 Å². The van der Waals surface area contributed by atoms with E-state index in [-0.39, 0.29) is 11.5 Å². The normalized spacial score (nSPS) is 10.8. The lowest BCUT2D eigenvalue weighted by molar-refractivity contribution is 0.289. The Hall–Kier alpha value is -1.90. The smallest absolute Gasteiger partial charge is 0.168 e. The molecule has 0 spiro atoms. The quantitative estimate of drug-likeness (QED) is 0.631. The summed E-state index contributed by atoms with van der Waals surface area (Å²) in [6, 6.07) is 7.28. The monoisotopic (exact) mass is 260 g/mol. The van der Waals surface area contributed by atoms with Gasteiger partial charge in [0, 0.05) is 16.3 Å². The van der Waals surface area contributed by atoms with Crippen molar-refractivity contribution in [1.82, 2.24) is 0 Å². The predicted molar refractivity (Wildman–Crippen MR) is 77.1 cm³/mol. The third kappa shape index (κ3) is 2.46. The average Bonchev–Trinajstić information content (AvgIpc) is 2.44. The Kier molecular flexibility index (Phi) is 4.15. The van der Waals surface area contributed by atoms with Crippen LogP contribution in [0.5, 0.6) is 17.2 Å². The number of phenolic OH excluding ortho intramolecular Hbond substituents is 2. The summed E-state index contributed by atoms with van der Waals surface area (Å²) in [5.41, 5.74) is 0.673. The van der Waals surface area contributed by atoms with Gasteiger partial charge in [0.25, 0.3) is 0 Å².